The van der Waals surface area contributed by atoms with Gasteiger partial charge in [0.05, 0.1) is 11.2 Å². The molecule has 1 saturated heterocycles. The quantitative estimate of drug-likeness (QED) is 0.729. The van der Waals surface area contributed by atoms with Crippen LogP contribution in [0.15, 0.2) is 30.6 Å². The summed E-state index contributed by atoms with van der Waals surface area (Å²) in [5, 5.41) is 8.72. The minimum absolute atomic E-state index is 0.00655. The standard InChI is InChI=1S/C22H25N5O/c1-3-14-16-10-27(11-17(14)16)20-9-19(23-12-24-20)21-15-8-13(28-22(2)6-7-22)4-5-18(15)25-26-21/h4-5,8-9,12,14,16-17H,3,6-7,10-11H2,1-2H3,(H,25,26)/t14-,16-,17+. The molecule has 3 aliphatic rings. The van der Waals surface area contributed by atoms with Gasteiger partial charge < -0.3 is 9.64 Å². The summed E-state index contributed by atoms with van der Waals surface area (Å²) in [4.78, 5) is 11.5. The number of benzene rings is 1. The molecule has 1 aromatic carbocycles. The Labute approximate surface area is 164 Å². The van der Waals surface area contributed by atoms with Crippen molar-refractivity contribution in [3.05, 3.63) is 30.6 Å². The average Bonchev–Trinajstić information content (AvgIpc) is 3.45. The summed E-state index contributed by atoms with van der Waals surface area (Å²) < 4.78 is 6.14. The molecule has 6 rings (SSSR count). The smallest absolute Gasteiger partial charge is 0.132 e. The van der Waals surface area contributed by atoms with Crippen LogP contribution in [0.1, 0.15) is 33.1 Å². The highest BCUT2D eigenvalue weighted by atomic mass is 16.5. The number of anilines is 1. The maximum absolute atomic E-state index is 6.14. The number of hydrogen-bond donors (Lipinski definition) is 1. The van der Waals surface area contributed by atoms with Crippen molar-refractivity contribution in [3.63, 3.8) is 0 Å². The second-order valence-electron chi connectivity index (χ2n) is 8.90. The van der Waals surface area contributed by atoms with Crippen LogP contribution in [0.5, 0.6) is 5.75 Å². The van der Waals surface area contributed by atoms with Crippen LogP contribution in [0.25, 0.3) is 22.3 Å². The van der Waals surface area contributed by atoms with Gasteiger partial charge in [-0.2, -0.15) is 5.10 Å². The van der Waals surface area contributed by atoms with Gasteiger partial charge in [0.1, 0.15) is 29.2 Å². The molecule has 0 spiro atoms. The second kappa shape index (κ2) is 5.69. The molecule has 3 aromatic rings. The molecule has 3 atom stereocenters. The number of aromatic amines is 1. The van der Waals surface area contributed by atoms with Crippen LogP contribution in [0.4, 0.5) is 5.82 Å². The molecule has 2 aromatic heterocycles. The van der Waals surface area contributed by atoms with Gasteiger partial charge in [-0.05, 0) is 55.7 Å². The van der Waals surface area contributed by atoms with E-state index in [0.29, 0.717) is 0 Å². The van der Waals surface area contributed by atoms with Crippen molar-refractivity contribution < 1.29 is 4.74 Å². The van der Waals surface area contributed by atoms with Crippen LogP contribution in [-0.2, 0) is 0 Å². The molecule has 0 amide bonds. The lowest BCUT2D eigenvalue weighted by atomic mass is 10.1. The third-order valence-corrected chi connectivity index (χ3v) is 6.91. The summed E-state index contributed by atoms with van der Waals surface area (Å²) in [6.45, 7) is 6.71. The van der Waals surface area contributed by atoms with Crippen molar-refractivity contribution in [2.45, 2.75) is 38.7 Å². The summed E-state index contributed by atoms with van der Waals surface area (Å²) in [5.74, 6) is 4.56. The molecule has 6 nitrogen and oxygen atoms in total. The van der Waals surface area contributed by atoms with Gasteiger partial charge in [-0.15, -0.1) is 0 Å². The summed E-state index contributed by atoms with van der Waals surface area (Å²) in [6.07, 6.45) is 5.21. The van der Waals surface area contributed by atoms with Crippen molar-refractivity contribution in [3.8, 4) is 17.1 Å². The predicted octanol–water partition coefficient (Wildman–Crippen LogP) is 4.04. The topological polar surface area (TPSA) is 66.9 Å². The van der Waals surface area contributed by atoms with Gasteiger partial charge in [0.2, 0.25) is 0 Å². The number of ether oxygens (including phenoxy) is 1. The maximum atomic E-state index is 6.14. The fourth-order valence-electron chi connectivity index (χ4n) is 4.91. The number of H-pyrrole nitrogens is 1. The molecule has 0 bridgehead atoms. The van der Waals surface area contributed by atoms with Crippen LogP contribution < -0.4 is 9.64 Å². The van der Waals surface area contributed by atoms with Gasteiger partial charge in [-0.3, -0.25) is 5.10 Å². The van der Waals surface area contributed by atoms with Crippen molar-refractivity contribution in [1.29, 1.82) is 0 Å². The average molecular weight is 375 g/mol. The monoisotopic (exact) mass is 375 g/mol. The largest absolute Gasteiger partial charge is 0.488 e. The number of piperidine rings is 1. The first-order valence-corrected chi connectivity index (χ1v) is 10.4. The van der Waals surface area contributed by atoms with Crippen molar-refractivity contribution >= 4 is 16.7 Å². The molecule has 28 heavy (non-hydrogen) atoms. The zero-order chi connectivity index (χ0) is 18.9. The lowest BCUT2D eigenvalue weighted by molar-refractivity contribution is 0.200. The molecule has 2 aliphatic carbocycles. The Morgan fingerprint density at radius 1 is 1.18 bits per heavy atom. The van der Waals surface area contributed by atoms with Crippen LogP contribution in [-0.4, -0.2) is 38.9 Å². The van der Waals surface area contributed by atoms with E-state index in [9.17, 15) is 0 Å². The fourth-order valence-corrected chi connectivity index (χ4v) is 4.91. The van der Waals surface area contributed by atoms with E-state index in [0.717, 1.165) is 77.5 Å². The molecular weight excluding hydrogens is 350 g/mol. The molecule has 3 fully saturated rings. The summed E-state index contributed by atoms with van der Waals surface area (Å²) in [7, 11) is 0. The maximum Gasteiger partial charge on any atom is 0.132 e. The molecule has 0 radical (unpaired) electrons. The van der Waals surface area contributed by atoms with Gasteiger partial charge in [0.25, 0.3) is 0 Å². The molecular formula is C22H25N5O. The van der Waals surface area contributed by atoms with Gasteiger partial charge >= 0.3 is 0 Å². The Balaban J connectivity index is 1.31. The normalized spacial score (nSPS) is 27.1. The van der Waals surface area contributed by atoms with Crippen molar-refractivity contribution in [2.75, 3.05) is 18.0 Å². The molecule has 1 aliphatic heterocycles. The van der Waals surface area contributed by atoms with E-state index in [1.165, 1.54) is 6.42 Å². The van der Waals surface area contributed by atoms with E-state index in [4.69, 9.17) is 4.74 Å². The van der Waals surface area contributed by atoms with Crippen molar-refractivity contribution in [2.24, 2.45) is 17.8 Å². The number of nitrogens with one attached hydrogen (secondary N) is 1. The Kier molecular flexibility index (Phi) is 3.32. The number of rotatable bonds is 5. The van der Waals surface area contributed by atoms with E-state index in [-0.39, 0.29) is 5.60 Å². The lowest BCUT2D eigenvalue weighted by Gasteiger charge is -2.20. The summed E-state index contributed by atoms with van der Waals surface area (Å²) in [6, 6.07) is 8.21. The third-order valence-electron chi connectivity index (χ3n) is 6.91. The highest BCUT2D eigenvalue weighted by molar-refractivity contribution is 5.93. The van der Waals surface area contributed by atoms with Crippen LogP contribution in [0.2, 0.25) is 0 Å². The second-order valence-corrected chi connectivity index (χ2v) is 8.90. The van der Waals surface area contributed by atoms with Gasteiger partial charge in [0.15, 0.2) is 0 Å². The van der Waals surface area contributed by atoms with E-state index in [2.05, 4.69) is 51.0 Å². The first-order valence-electron chi connectivity index (χ1n) is 10.4. The zero-order valence-corrected chi connectivity index (χ0v) is 16.4. The summed E-state index contributed by atoms with van der Waals surface area (Å²) >= 11 is 0. The minimum atomic E-state index is 0.00655. The number of fused-ring (bicyclic) bond motifs is 2. The Hall–Kier alpha value is -2.63. The number of aromatic nitrogens is 4. The molecule has 3 heterocycles. The molecule has 144 valence electrons. The highest BCUT2D eigenvalue weighted by Gasteiger charge is 2.54. The third kappa shape index (κ3) is 2.58. The zero-order valence-electron chi connectivity index (χ0n) is 16.4. The number of hydrogen-bond acceptors (Lipinski definition) is 5. The molecule has 1 N–H and O–H groups in total. The molecule has 6 heteroatoms. The van der Waals surface area contributed by atoms with Gasteiger partial charge in [0, 0.05) is 24.5 Å². The summed E-state index contributed by atoms with van der Waals surface area (Å²) in [5.41, 5.74) is 2.73. The van der Waals surface area contributed by atoms with E-state index in [1.54, 1.807) is 6.33 Å². The van der Waals surface area contributed by atoms with Gasteiger partial charge in [-0.1, -0.05) is 13.3 Å². The molecule has 0 unspecified atom stereocenters. The Bertz CT molecular complexity index is 1040. The van der Waals surface area contributed by atoms with E-state index >= 15 is 0 Å². The minimum Gasteiger partial charge on any atom is -0.488 e. The first kappa shape index (κ1) is 16.3. The SMILES string of the molecule is CC[C@@H]1[C@H]2CN(c3cc(-c4n[nH]c5ccc(OC6(C)CC6)cc45)ncn3)C[C@@H]12. The van der Waals surface area contributed by atoms with E-state index < -0.39 is 0 Å². The van der Waals surface area contributed by atoms with Gasteiger partial charge in [-0.25, -0.2) is 9.97 Å². The van der Waals surface area contributed by atoms with Crippen LogP contribution in [0, 0.1) is 17.8 Å². The Morgan fingerprint density at radius 2 is 2.00 bits per heavy atom. The Morgan fingerprint density at radius 3 is 2.75 bits per heavy atom. The molecule has 2 saturated carbocycles. The lowest BCUT2D eigenvalue weighted by Crippen LogP contribution is -2.24. The first-order chi connectivity index (χ1) is 13.6. The fraction of sp³-hybridized carbons (Fsp3) is 0.500. The van der Waals surface area contributed by atoms with E-state index in [1.807, 2.05) is 12.1 Å². The predicted molar refractivity (Wildman–Crippen MR) is 108 cm³/mol. The van der Waals surface area contributed by atoms with Crippen LogP contribution >= 0.6 is 0 Å². The highest BCUT2D eigenvalue weighted by Crippen LogP contribution is 2.54. The number of nitrogens with zero attached hydrogens (tertiary/aromatic N) is 4. The van der Waals surface area contributed by atoms with Crippen molar-refractivity contribution in [1.82, 2.24) is 20.2 Å². The van der Waals surface area contributed by atoms with Crippen LogP contribution in [0.3, 0.4) is 0 Å².